The molecule has 4 aromatic carbocycles. The number of carbonyl (C=O) groups excluding carboxylic acids is 4. The van der Waals surface area contributed by atoms with Gasteiger partial charge >= 0.3 is 23.9 Å². The molecule has 0 radical (unpaired) electrons. The Kier molecular flexibility index (Phi) is 19.5. The Labute approximate surface area is 355 Å². The first-order chi connectivity index (χ1) is 29.6. The van der Waals surface area contributed by atoms with Crippen LogP contribution in [0.15, 0.2) is 139 Å². The molecule has 0 amide bonds. The maximum absolute atomic E-state index is 12.6. The van der Waals surface area contributed by atoms with Crippen molar-refractivity contribution in [1.29, 1.82) is 0 Å². The predicted molar refractivity (Wildman–Crippen MR) is 233 cm³/mol. The Morgan fingerprint density at radius 3 is 1.54 bits per heavy atom. The molecular formula is C48H48N2O11. The van der Waals surface area contributed by atoms with Gasteiger partial charge in [-0.3, -0.25) is 0 Å². The van der Waals surface area contributed by atoms with Crippen molar-refractivity contribution in [3.8, 4) is 28.7 Å². The van der Waals surface area contributed by atoms with Gasteiger partial charge in [-0.05, 0) is 128 Å². The molecular weight excluding hydrogens is 781 g/mol. The van der Waals surface area contributed by atoms with Crippen LogP contribution in [0.2, 0.25) is 0 Å². The van der Waals surface area contributed by atoms with Crippen LogP contribution in [0.1, 0.15) is 54.9 Å². The number of esters is 4. The number of rotatable bonds is 24. The molecule has 0 aromatic heterocycles. The van der Waals surface area contributed by atoms with Gasteiger partial charge in [0.05, 0.1) is 45.5 Å². The molecule has 0 bridgehead atoms. The normalized spacial score (nSPS) is 11.3. The van der Waals surface area contributed by atoms with Crippen LogP contribution in [0.5, 0.6) is 28.7 Å². The van der Waals surface area contributed by atoms with Crippen molar-refractivity contribution in [1.82, 2.24) is 0 Å². The van der Waals surface area contributed by atoms with E-state index in [2.05, 4.69) is 23.4 Å². The smallest absolute Gasteiger partial charge is 0.336 e. The zero-order valence-corrected chi connectivity index (χ0v) is 34.2. The van der Waals surface area contributed by atoms with E-state index in [1.54, 1.807) is 79.9 Å². The molecule has 13 nitrogen and oxygen atoms in total. The molecule has 0 fully saturated rings. The highest BCUT2D eigenvalue weighted by molar-refractivity contribution is 6.00. The van der Waals surface area contributed by atoms with Crippen LogP contribution in [-0.4, -0.2) is 69.3 Å². The van der Waals surface area contributed by atoms with Gasteiger partial charge in [-0.1, -0.05) is 37.4 Å². The number of methoxy groups -OCH3 is 1. The lowest BCUT2D eigenvalue weighted by Gasteiger charge is -2.10. The zero-order valence-electron chi connectivity index (χ0n) is 34.2. The summed E-state index contributed by atoms with van der Waals surface area (Å²) in [6, 6.07) is 26.4. The van der Waals surface area contributed by atoms with Crippen LogP contribution < -0.4 is 23.7 Å². The molecule has 0 saturated carbocycles. The van der Waals surface area contributed by atoms with Crippen molar-refractivity contribution in [3.63, 3.8) is 0 Å². The van der Waals surface area contributed by atoms with Crippen LogP contribution in [0.4, 0.5) is 0 Å². The molecule has 0 aliphatic rings. The Morgan fingerprint density at radius 2 is 1.03 bits per heavy atom. The molecule has 13 heteroatoms. The number of ether oxygens (including phenoxy) is 7. The second-order valence-corrected chi connectivity index (χ2v) is 12.9. The summed E-state index contributed by atoms with van der Waals surface area (Å²) < 4.78 is 37.7. The standard InChI is InChI=1S/C48H48N2O11/c1-5-45(51)58-31-9-7-29-56-40-20-11-36(12-21-40)17-27-47(53)60-42-24-15-38(16-25-42)34-49-50-35(3)39-19-26-43(44(33-39)55-4)61-48(54)28-18-37-13-22-41(23-14-37)57-30-8-10-32-59-46(52)6-2/h5-6,11-28,33-34H,1-2,7-10,29-32H2,3-4H3/b27-17+,28-18+,49-34+,50-35+. The van der Waals surface area contributed by atoms with Gasteiger partial charge in [-0.15, -0.1) is 0 Å². The molecule has 0 saturated heterocycles. The third-order valence-electron chi connectivity index (χ3n) is 8.33. The summed E-state index contributed by atoms with van der Waals surface area (Å²) in [6.45, 7) is 10.1. The summed E-state index contributed by atoms with van der Waals surface area (Å²) >= 11 is 0. The van der Waals surface area contributed by atoms with Crippen molar-refractivity contribution in [2.45, 2.75) is 32.6 Å². The quantitative estimate of drug-likeness (QED) is 0.0166. The van der Waals surface area contributed by atoms with Crippen molar-refractivity contribution in [2.75, 3.05) is 33.5 Å². The first-order valence-corrected chi connectivity index (χ1v) is 19.4. The number of carbonyl (C=O) groups is 4. The Balaban J connectivity index is 1.19. The molecule has 0 spiro atoms. The summed E-state index contributed by atoms with van der Waals surface area (Å²) in [5.74, 6) is 0.335. The molecule has 4 aromatic rings. The van der Waals surface area contributed by atoms with E-state index < -0.39 is 23.9 Å². The minimum atomic E-state index is -0.583. The summed E-state index contributed by atoms with van der Waals surface area (Å²) in [4.78, 5) is 47.2. The average molecular weight is 829 g/mol. The van der Waals surface area contributed by atoms with E-state index in [1.807, 2.05) is 36.4 Å². The zero-order chi connectivity index (χ0) is 43.7. The van der Waals surface area contributed by atoms with E-state index >= 15 is 0 Å². The molecule has 0 atom stereocenters. The summed E-state index contributed by atoms with van der Waals surface area (Å²) in [6.07, 6.45) is 12.6. The minimum absolute atomic E-state index is 0.242. The third kappa shape index (κ3) is 17.5. The molecule has 0 aliphatic carbocycles. The molecule has 0 N–H and O–H groups in total. The highest BCUT2D eigenvalue weighted by atomic mass is 16.6. The lowest BCUT2D eigenvalue weighted by Crippen LogP contribution is -2.06. The van der Waals surface area contributed by atoms with Crippen molar-refractivity contribution >= 4 is 48.0 Å². The fourth-order valence-electron chi connectivity index (χ4n) is 5.06. The average Bonchev–Trinajstić information content (AvgIpc) is 3.28. The summed E-state index contributed by atoms with van der Waals surface area (Å²) in [5, 5.41) is 8.48. The van der Waals surface area contributed by atoms with E-state index in [0.717, 1.165) is 41.7 Å². The first-order valence-electron chi connectivity index (χ1n) is 19.4. The van der Waals surface area contributed by atoms with E-state index in [1.165, 1.54) is 19.3 Å². The maximum Gasteiger partial charge on any atom is 0.336 e. The van der Waals surface area contributed by atoms with Gasteiger partial charge in [0.15, 0.2) is 11.5 Å². The lowest BCUT2D eigenvalue weighted by molar-refractivity contribution is -0.138. The molecule has 316 valence electrons. The monoisotopic (exact) mass is 828 g/mol. The molecule has 0 heterocycles. The van der Waals surface area contributed by atoms with Gasteiger partial charge in [0, 0.05) is 29.9 Å². The fourth-order valence-corrected chi connectivity index (χ4v) is 5.06. The van der Waals surface area contributed by atoms with Crippen molar-refractivity contribution < 1.29 is 52.3 Å². The van der Waals surface area contributed by atoms with Gasteiger partial charge in [-0.2, -0.15) is 10.2 Å². The van der Waals surface area contributed by atoms with E-state index in [0.29, 0.717) is 73.5 Å². The number of unbranched alkanes of at least 4 members (excludes halogenated alkanes) is 2. The number of hydrogen-bond donors (Lipinski definition) is 0. The topological polar surface area (TPSA) is 158 Å². The second kappa shape index (κ2) is 25.7. The number of hydrogen-bond acceptors (Lipinski definition) is 13. The van der Waals surface area contributed by atoms with E-state index in [4.69, 9.17) is 33.2 Å². The minimum Gasteiger partial charge on any atom is -0.494 e. The number of benzene rings is 4. The highest BCUT2D eigenvalue weighted by Crippen LogP contribution is 2.29. The van der Waals surface area contributed by atoms with Gasteiger partial charge < -0.3 is 33.2 Å². The van der Waals surface area contributed by atoms with Gasteiger partial charge in [0.1, 0.15) is 17.2 Å². The second-order valence-electron chi connectivity index (χ2n) is 12.9. The van der Waals surface area contributed by atoms with Crippen LogP contribution >= 0.6 is 0 Å². The third-order valence-corrected chi connectivity index (χ3v) is 8.33. The molecule has 0 unspecified atom stereocenters. The van der Waals surface area contributed by atoms with Gasteiger partial charge in [0.25, 0.3) is 0 Å². The first kappa shape index (κ1) is 46.2. The van der Waals surface area contributed by atoms with E-state index in [-0.39, 0.29) is 5.75 Å². The molecule has 0 aliphatic heterocycles. The van der Waals surface area contributed by atoms with Crippen molar-refractivity contribution in [3.05, 3.63) is 151 Å². The van der Waals surface area contributed by atoms with Crippen LogP contribution in [0, 0.1) is 0 Å². The maximum atomic E-state index is 12.6. The van der Waals surface area contributed by atoms with Crippen LogP contribution in [0.3, 0.4) is 0 Å². The SMILES string of the molecule is C=CC(=O)OCCCCOc1ccc(/C=C/C(=O)Oc2ccc(/C=N/N=C(\C)c3ccc(OC(=O)/C=C/c4ccc(OCCCCOC(=O)C=C)cc4)c(OC)c3)cc2)cc1. The Morgan fingerprint density at radius 1 is 0.557 bits per heavy atom. The summed E-state index contributed by atoms with van der Waals surface area (Å²) in [5.41, 5.74) is 3.61. The lowest BCUT2D eigenvalue weighted by atomic mass is 10.1. The van der Waals surface area contributed by atoms with E-state index in [9.17, 15) is 19.2 Å². The predicted octanol–water partition coefficient (Wildman–Crippen LogP) is 8.55. The fraction of sp³-hybridized carbons (Fsp3) is 0.208. The van der Waals surface area contributed by atoms with Crippen molar-refractivity contribution in [2.24, 2.45) is 10.2 Å². The summed E-state index contributed by atoms with van der Waals surface area (Å²) in [7, 11) is 1.48. The van der Waals surface area contributed by atoms with Crippen LogP contribution in [0.25, 0.3) is 12.2 Å². The van der Waals surface area contributed by atoms with Gasteiger partial charge in [-0.25, -0.2) is 19.2 Å². The largest absolute Gasteiger partial charge is 0.494 e. The highest BCUT2D eigenvalue weighted by Gasteiger charge is 2.11. The Hall–Kier alpha value is -7.54. The Bertz CT molecular complexity index is 2210. The number of nitrogens with zero attached hydrogens (tertiary/aromatic N) is 2. The molecule has 61 heavy (non-hydrogen) atoms. The van der Waals surface area contributed by atoms with Crippen LogP contribution in [-0.2, 0) is 28.7 Å². The van der Waals surface area contributed by atoms with Gasteiger partial charge in [0.2, 0.25) is 0 Å². The molecule has 4 rings (SSSR count).